The van der Waals surface area contributed by atoms with Crippen molar-refractivity contribution in [3.8, 4) is 0 Å². The number of hydrogen-bond acceptors (Lipinski definition) is 3. The number of likely N-dealkylation sites (N-methyl/N-ethyl adjacent to an activating group) is 2. The Morgan fingerprint density at radius 2 is 1.94 bits per heavy atom. The van der Waals surface area contributed by atoms with Crippen LogP contribution in [-0.2, 0) is 6.42 Å². The molecule has 3 nitrogen and oxygen atoms in total. The van der Waals surface area contributed by atoms with Crippen molar-refractivity contribution in [1.29, 1.82) is 0 Å². The maximum atomic E-state index is 10.4. The lowest BCUT2D eigenvalue weighted by atomic mass is 9.99. The smallest absolute Gasteiger partial charge is 0.0747 e. The molecule has 18 heavy (non-hydrogen) atoms. The van der Waals surface area contributed by atoms with Gasteiger partial charge in [0.2, 0.25) is 0 Å². The number of aliphatic hydroxyl groups excluding tert-OH is 1. The molecule has 1 aliphatic rings. The van der Waals surface area contributed by atoms with Gasteiger partial charge in [0.05, 0.1) is 6.10 Å². The number of rotatable bonds is 3. The molecule has 100 valence electrons. The first-order valence-electron chi connectivity index (χ1n) is 6.37. The van der Waals surface area contributed by atoms with Gasteiger partial charge in [-0.1, -0.05) is 28.1 Å². The van der Waals surface area contributed by atoms with Gasteiger partial charge < -0.3 is 10.0 Å². The Morgan fingerprint density at radius 1 is 1.28 bits per heavy atom. The maximum Gasteiger partial charge on any atom is 0.0747 e. The third-order valence-corrected chi connectivity index (χ3v) is 4.23. The third kappa shape index (κ3) is 3.54. The number of nitrogens with zero attached hydrogens (tertiary/aromatic N) is 2. The number of benzene rings is 1. The van der Waals surface area contributed by atoms with Crippen molar-refractivity contribution in [2.75, 3.05) is 33.7 Å². The van der Waals surface area contributed by atoms with E-state index < -0.39 is 0 Å². The predicted octanol–water partition coefficient (Wildman–Crippen LogP) is 1.60. The van der Waals surface area contributed by atoms with E-state index in [9.17, 15) is 5.11 Å². The van der Waals surface area contributed by atoms with Gasteiger partial charge in [-0.05, 0) is 38.2 Å². The summed E-state index contributed by atoms with van der Waals surface area (Å²) >= 11 is 3.43. The highest BCUT2D eigenvalue weighted by atomic mass is 79.9. The second-order valence-electron chi connectivity index (χ2n) is 5.21. The first kappa shape index (κ1) is 14.0. The highest BCUT2D eigenvalue weighted by Gasteiger charge is 2.28. The summed E-state index contributed by atoms with van der Waals surface area (Å²) in [5, 5.41) is 10.4. The molecule has 2 unspecified atom stereocenters. The van der Waals surface area contributed by atoms with Gasteiger partial charge in [-0.2, -0.15) is 0 Å². The van der Waals surface area contributed by atoms with Crippen LogP contribution in [0.1, 0.15) is 5.56 Å². The van der Waals surface area contributed by atoms with Gasteiger partial charge >= 0.3 is 0 Å². The molecular formula is C14H21BrN2O. The minimum atomic E-state index is -0.307. The third-order valence-electron chi connectivity index (χ3n) is 3.70. The normalized spacial score (nSPS) is 24.1. The molecule has 0 bridgehead atoms. The van der Waals surface area contributed by atoms with Crippen LogP contribution in [0, 0.1) is 0 Å². The minimum absolute atomic E-state index is 0.229. The Labute approximate surface area is 118 Å². The van der Waals surface area contributed by atoms with Crippen molar-refractivity contribution in [3.05, 3.63) is 34.3 Å². The van der Waals surface area contributed by atoms with Crippen LogP contribution in [0.3, 0.4) is 0 Å². The summed E-state index contributed by atoms with van der Waals surface area (Å²) in [5.41, 5.74) is 1.19. The minimum Gasteiger partial charge on any atom is -0.391 e. The Morgan fingerprint density at radius 3 is 2.61 bits per heavy atom. The zero-order valence-electron chi connectivity index (χ0n) is 11.0. The van der Waals surface area contributed by atoms with Crippen molar-refractivity contribution in [1.82, 2.24) is 9.80 Å². The van der Waals surface area contributed by atoms with Crippen molar-refractivity contribution in [2.45, 2.75) is 18.6 Å². The molecule has 0 spiro atoms. The Hall–Kier alpha value is -0.420. The van der Waals surface area contributed by atoms with Crippen LogP contribution in [0.15, 0.2) is 28.7 Å². The van der Waals surface area contributed by atoms with E-state index in [0.29, 0.717) is 0 Å². The summed E-state index contributed by atoms with van der Waals surface area (Å²) in [6, 6.07) is 8.42. The number of halogens is 1. The molecule has 1 aliphatic heterocycles. The number of piperazine rings is 1. The van der Waals surface area contributed by atoms with E-state index in [-0.39, 0.29) is 12.1 Å². The Balaban J connectivity index is 1.98. The summed E-state index contributed by atoms with van der Waals surface area (Å²) in [4.78, 5) is 4.55. The maximum absolute atomic E-state index is 10.4. The Kier molecular flexibility index (Phi) is 4.78. The monoisotopic (exact) mass is 312 g/mol. The van der Waals surface area contributed by atoms with E-state index in [2.05, 4.69) is 52.0 Å². The molecule has 0 amide bonds. The lowest BCUT2D eigenvalue weighted by molar-refractivity contribution is 0.0153. The summed E-state index contributed by atoms with van der Waals surface area (Å²) in [6.07, 6.45) is 0.412. The molecule has 0 saturated carbocycles. The van der Waals surface area contributed by atoms with E-state index in [4.69, 9.17) is 0 Å². The van der Waals surface area contributed by atoms with Crippen molar-refractivity contribution >= 4 is 15.9 Å². The molecule has 1 N–H and O–H groups in total. The molecule has 1 heterocycles. The van der Waals surface area contributed by atoms with Gasteiger partial charge in [0, 0.05) is 30.1 Å². The first-order chi connectivity index (χ1) is 8.56. The fraction of sp³-hybridized carbons (Fsp3) is 0.571. The van der Waals surface area contributed by atoms with E-state index >= 15 is 0 Å². The van der Waals surface area contributed by atoms with Crippen LogP contribution < -0.4 is 0 Å². The van der Waals surface area contributed by atoms with Gasteiger partial charge in [-0.3, -0.25) is 4.90 Å². The molecule has 1 aromatic rings. The first-order valence-corrected chi connectivity index (χ1v) is 7.17. The van der Waals surface area contributed by atoms with Crippen LogP contribution in [0.2, 0.25) is 0 Å². The van der Waals surface area contributed by atoms with E-state index in [1.165, 1.54) is 5.56 Å². The molecule has 1 fully saturated rings. The van der Waals surface area contributed by atoms with Crippen molar-refractivity contribution < 1.29 is 5.11 Å². The van der Waals surface area contributed by atoms with Crippen molar-refractivity contribution in [3.63, 3.8) is 0 Å². The van der Waals surface area contributed by atoms with Gasteiger partial charge in [0.1, 0.15) is 0 Å². The molecule has 2 atom stereocenters. The molecule has 2 rings (SSSR count). The largest absolute Gasteiger partial charge is 0.391 e. The van der Waals surface area contributed by atoms with Crippen LogP contribution >= 0.6 is 15.9 Å². The average molecular weight is 313 g/mol. The highest BCUT2D eigenvalue weighted by molar-refractivity contribution is 9.10. The zero-order valence-corrected chi connectivity index (χ0v) is 12.6. The van der Waals surface area contributed by atoms with Crippen LogP contribution in [0.4, 0.5) is 0 Å². The van der Waals surface area contributed by atoms with Crippen molar-refractivity contribution in [2.24, 2.45) is 0 Å². The van der Waals surface area contributed by atoms with Gasteiger partial charge in [0.15, 0.2) is 0 Å². The number of hydrogen-bond donors (Lipinski definition) is 1. The highest BCUT2D eigenvalue weighted by Crippen LogP contribution is 2.16. The van der Waals surface area contributed by atoms with Gasteiger partial charge in [-0.15, -0.1) is 0 Å². The van der Waals surface area contributed by atoms with E-state index in [1.54, 1.807) is 0 Å². The second-order valence-corrected chi connectivity index (χ2v) is 6.12. The van der Waals surface area contributed by atoms with Gasteiger partial charge in [-0.25, -0.2) is 0 Å². The zero-order chi connectivity index (χ0) is 13.1. The summed E-state index contributed by atoms with van der Waals surface area (Å²) in [5.74, 6) is 0. The predicted molar refractivity (Wildman–Crippen MR) is 77.8 cm³/mol. The Bertz CT molecular complexity index is 382. The number of aliphatic hydroxyl groups is 1. The summed E-state index contributed by atoms with van der Waals surface area (Å²) < 4.78 is 1.08. The summed E-state index contributed by atoms with van der Waals surface area (Å²) in [7, 11) is 4.22. The van der Waals surface area contributed by atoms with E-state index in [0.717, 1.165) is 30.5 Å². The fourth-order valence-electron chi connectivity index (χ4n) is 2.46. The molecule has 1 aromatic carbocycles. The van der Waals surface area contributed by atoms with E-state index in [1.807, 2.05) is 12.1 Å². The van der Waals surface area contributed by atoms with Gasteiger partial charge in [0.25, 0.3) is 0 Å². The fourth-order valence-corrected chi connectivity index (χ4v) is 2.72. The quantitative estimate of drug-likeness (QED) is 0.918. The average Bonchev–Trinajstić information content (AvgIpc) is 2.35. The lowest BCUT2D eigenvalue weighted by Crippen LogP contribution is -2.55. The molecule has 0 radical (unpaired) electrons. The molecule has 4 heteroatoms. The van der Waals surface area contributed by atoms with Crippen LogP contribution in [-0.4, -0.2) is 60.8 Å². The molecule has 0 aromatic heterocycles. The second kappa shape index (κ2) is 6.15. The standard InChI is InChI=1S/C14H21BrN2O/c1-16-7-8-17(2)13(10-16)14(18)9-11-3-5-12(15)6-4-11/h3-6,13-14,18H,7-10H2,1-2H3. The molecule has 1 saturated heterocycles. The lowest BCUT2D eigenvalue weighted by Gasteiger charge is -2.40. The van der Waals surface area contributed by atoms with Crippen LogP contribution in [0.25, 0.3) is 0 Å². The topological polar surface area (TPSA) is 26.7 Å². The SMILES string of the molecule is CN1CCN(C)C(C(O)Cc2ccc(Br)cc2)C1. The van der Waals surface area contributed by atoms with Crippen LogP contribution in [0.5, 0.6) is 0 Å². The summed E-state index contributed by atoms with van der Waals surface area (Å²) in [6.45, 7) is 3.05. The molecule has 0 aliphatic carbocycles. The molecular weight excluding hydrogens is 292 g/mol.